The lowest BCUT2D eigenvalue weighted by Crippen LogP contribution is -2.13. The fraction of sp³-hybridized carbons (Fsp3) is 0.350. The second kappa shape index (κ2) is 6.35. The first-order valence-electron chi connectivity index (χ1n) is 7.70. The predicted octanol–water partition coefficient (Wildman–Crippen LogP) is 5.33. The molecule has 2 aromatic rings. The van der Waals surface area contributed by atoms with Crippen LogP contribution in [-0.2, 0) is 5.41 Å². The highest BCUT2D eigenvalue weighted by molar-refractivity contribution is 5.91. The molecule has 2 aromatic carbocycles. The van der Waals surface area contributed by atoms with Gasteiger partial charge in [0, 0.05) is 0 Å². The van der Waals surface area contributed by atoms with Crippen molar-refractivity contribution in [1.82, 2.24) is 0 Å². The lowest BCUT2D eigenvalue weighted by Gasteiger charge is -2.19. The van der Waals surface area contributed by atoms with Gasteiger partial charge in [0.1, 0.15) is 5.75 Å². The van der Waals surface area contributed by atoms with Crippen molar-refractivity contribution in [3.05, 3.63) is 65.2 Å². The average molecular weight is 296 g/mol. The van der Waals surface area contributed by atoms with Crippen molar-refractivity contribution in [1.29, 1.82) is 0 Å². The number of carbonyl (C=O) groups is 1. The molecule has 0 radical (unpaired) electrons. The van der Waals surface area contributed by atoms with E-state index < -0.39 is 0 Å². The van der Waals surface area contributed by atoms with Gasteiger partial charge in [0.15, 0.2) is 0 Å². The van der Waals surface area contributed by atoms with E-state index in [1.807, 2.05) is 48.5 Å². The van der Waals surface area contributed by atoms with Crippen LogP contribution in [0.5, 0.6) is 5.75 Å². The second-order valence-electron chi connectivity index (χ2n) is 6.91. The van der Waals surface area contributed by atoms with Gasteiger partial charge in [0.05, 0.1) is 5.56 Å². The fourth-order valence-corrected chi connectivity index (χ4v) is 2.32. The minimum Gasteiger partial charge on any atom is -0.423 e. The molecular formula is C20H24O2. The molecule has 0 aliphatic rings. The molecule has 2 heteroatoms. The molecule has 0 amide bonds. The summed E-state index contributed by atoms with van der Waals surface area (Å²) >= 11 is 0. The number of ether oxygens (including phenoxy) is 1. The van der Waals surface area contributed by atoms with Crippen molar-refractivity contribution in [2.75, 3.05) is 0 Å². The maximum absolute atomic E-state index is 12.3. The van der Waals surface area contributed by atoms with Crippen molar-refractivity contribution < 1.29 is 9.53 Å². The molecule has 0 fully saturated rings. The highest BCUT2D eigenvalue weighted by Gasteiger charge is 2.16. The predicted molar refractivity (Wildman–Crippen MR) is 90.6 cm³/mol. The molecule has 22 heavy (non-hydrogen) atoms. The minimum absolute atomic E-state index is 0.0761. The summed E-state index contributed by atoms with van der Waals surface area (Å²) in [5.41, 5.74) is 2.90. The third-order valence-electron chi connectivity index (χ3n) is 3.73. The van der Waals surface area contributed by atoms with Gasteiger partial charge in [-0.1, -0.05) is 65.0 Å². The SMILES string of the molecule is CC(C)c1ccccc1OC(=O)c1ccc(C(C)(C)C)cc1. The number of rotatable bonds is 3. The fourth-order valence-electron chi connectivity index (χ4n) is 2.32. The lowest BCUT2D eigenvalue weighted by atomic mass is 9.87. The molecule has 0 unspecified atom stereocenters. The Morgan fingerprint density at radius 1 is 0.955 bits per heavy atom. The van der Waals surface area contributed by atoms with Crippen molar-refractivity contribution >= 4 is 5.97 Å². The second-order valence-corrected chi connectivity index (χ2v) is 6.91. The maximum atomic E-state index is 12.3. The highest BCUT2D eigenvalue weighted by Crippen LogP contribution is 2.27. The van der Waals surface area contributed by atoms with Crippen LogP contribution in [0, 0.1) is 0 Å². The normalized spacial score (nSPS) is 11.5. The summed E-state index contributed by atoms with van der Waals surface area (Å²) in [7, 11) is 0. The monoisotopic (exact) mass is 296 g/mol. The largest absolute Gasteiger partial charge is 0.423 e. The quantitative estimate of drug-likeness (QED) is 0.565. The molecule has 116 valence electrons. The van der Waals surface area contributed by atoms with Crippen LogP contribution in [-0.4, -0.2) is 5.97 Å². The van der Waals surface area contributed by atoms with Crippen molar-refractivity contribution in [2.24, 2.45) is 0 Å². The molecule has 0 heterocycles. The van der Waals surface area contributed by atoms with Crippen molar-refractivity contribution in [3.8, 4) is 5.75 Å². The number of benzene rings is 2. The van der Waals surface area contributed by atoms with Crippen LogP contribution < -0.4 is 4.74 Å². The minimum atomic E-state index is -0.312. The summed E-state index contributed by atoms with van der Waals surface area (Å²) in [5, 5.41) is 0. The molecule has 0 atom stereocenters. The van der Waals surface area contributed by atoms with E-state index in [4.69, 9.17) is 4.74 Å². The number of esters is 1. The summed E-state index contributed by atoms with van der Waals surface area (Å²) in [6.07, 6.45) is 0. The Bertz CT molecular complexity index is 646. The molecule has 0 aliphatic carbocycles. The van der Waals surface area contributed by atoms with E-state index in [0.717, 1.165) is 5.56 Å². The summed E-state index contributed by atoms with van der Waals surface area (Å²) in [4.78, 5) is 12.3. The Hall–Kier alpha value is -2.09. The molecule has 0 N–H and O–H groups in total. The zero-order valence-electron chi connectivity index (χ0n) is 14.0. The summed E-state index contributed by atoms with van der Waals surface area (Å²) < 4.78 is 5.58. The van der Waals surface area contributed by atoms with Gasteiger partial charge in [-0.25, -0.2) is 4.79 Å². The van der Waals surface area contributed by atoms with Gasteiger partial charge < -0.3 is 4.74 Å². The van der Waals surface area contributed by atoms with Crippen LogP contribution >= 0.6 is 0 Å². The molecule has 2 nitrogen and oxygen atoms in total. The van der Waals surface area contributed by atoms with Crippen LogP contribution in [0.2, 0.25) is 0 Å². The van der Waals surface area contributed by atoms with Crippen LogP contribution in [0.3, 0.4) is 0 Å². The van der Waals surface area contributed by atoms with Gasteiger partial charge in [0.25, 0.3) is 0 Å². The van der Waals surface area contributed by atoms with Gasteiger partial charge in [-0.15, -0.1) is 0 Å². The Balaban J connectivity index is 2.20. The topological polar surface area (TPSA) is 26.3 Å². The van der Waals surface area contributed by atoms with E-state index in [1.54, 1.807) is 0 Å². The first kappa shape index (κ1) is 16.3. The van der Waals surface area contributed by atoms with Crippen LogP contribution in [0.1, 0.15) is 62.0 Å². The van der Waals surface area contributed by atoms with E-state index in [0.29, 0.717) is 17.2 Å². The number of para-hydroxylation sites is 1. The van der Waals surface area contributed by atoms with E-state index in [2.05, 4.69) is 34.6 Å². The molecule has 0 aliphatic heterocycles. The number of hydrogen-bond acceptors (Lipinski definition) is 2. The summed E-state index contributed by atoms with van der Waals surface area (Å²) in [6.45, 7) is 10.6. The average Bonchev–Trinajstić information content (AvgIpc) is 2.46. The van der Waals surface area contributed by atoms with Gasteiger partial charge >= 0.3 is 5.97 Å². The number of hydrogen-bond donors (Lipinski definition) is 0. The smallest absolute Gasteiger partial charge is 0.343 e. The molecular weight excluding hydrogens is 272 g/mol. The van der Waals surface area contributed by atoms with Crippen LogP contribution in [0.15, 0.2) is 48.5 Å². The molecule has 0 bridgehead atoms. The Labute approximate surface area is 133 Å². The first-order valence-corrected chi connectivity index (χ1v) is 7.70. The van der Waals surface area contributed by atoms with E-state index in [9.17, 15) is 4.79 Å². The standard InChI is InChI=1S/C20H24O2/c1-14(2)17-8-6-7-9-18(17)22-19(21)15-10-12-16(13-11-15)20(3,4)5/h6-14H,1-5H3. The Kier molecular flexibility index (Phi) is 4.70. The highest BCUT2D eigenvalue weighted by atomic mass is 16.5. The Morgan fingerprint density at radius 2 is 1.55 bits per heavy atom. The van der Waals surface area contributed by atoms with E-state index in [1.165, 1.54) is 5.56 Å². The van der Waals surface area contributed by atoms with Gasteiger partial charge in [0.2, 0.25) is 0 Å². The van der Waals surface area contributed by atoms with Gasteiger partial charge in [-0.2, -0.15) is 0 Å². The van der Waals surface area contributed by atoms with E-state index in [-0.39, 0.29) is 11.4 Å². The maximum Gasteiger partial charge on any atom is 0.343 e. The summed E-state index contributed by atoms with van der Waals surface area (Å²) in [5.74, 6) is 0.642. The first-order chi connectivity index (χ1) is 10.3. The zero-order chi connectivity index (χ0) is 16.3. The van der Waals surface area contributed by atoms with Crippen molar-refractivity contribution in [2.45, 2.75) is 46.0 Å². The zero-order valence-corrected chi connectivity index (χ0v) is 14.0. The molecule has 0 aromatic heterocycles. The molecule has 0 saturated carbocycles. The Morgan fingerprint density at radius 3 is 2.09 bits per heavy atom. The third-order valence-corrected chi connectivity index (χ3v) is 3.73. The lowest BCUT2D eigenvalue weighted by molar-refractivity contribution is 0.0733. The molecule has 2 rings (SSSR count). The van der Waals surface area contributed by atoms with E-state index >= 15 is 0 Å². The van der Waals surface area contributed by atoms with Crippen molar-refractivity contribution in [3.63, 3.8) is 0 Å². The molecule has 0 saturated heterocycles. The van der Waals surface area contributed by atoms with Crippen LogP contribution in [0.4, 0.5) is 0 Å². The summed E-state index contributed by atoms with van der Waals surface area (Å²) in [6, 6.07) is 15.3. The van der Waals surface area contributed by atoms with Crippen LogP contribution in [0.25, 0.3) is 0 Å². The molecule has 0 spiro atoms. The third kappa shape index (κ3) is 3.76. The van der Waals surface area contributed by atoms with Gasteiger partial charge in [-0.3, -0.25) is 0 Å². The number of carbonyl (C=O) groups excluding carboxylic acids is 1. The van der Waals surface area contributed by atoms with Gasteiger partial charge in [-0.05, 0) is 40.7 Å².